The lowest BCUT2D eigenvalue weighted by molar-refractivity contribution is -0.114. The molecule has 0 aliphatic heterocycles. The Hall–Kier alpha value is -0.850. The van der Waals surface area contributed by atoms with Crippen molar-refractivity contribution in [2.75, 3.05) is 0 Å². The van der Waals surface area contributed by atoms with Crippen LogP contribution in [0.3, 0.4) is 0 Å². The largest absolute Gasteiger partial charge is 0.295 e. The molecule has 0 radical (unpaired) electrons. The maximum atomic E-state index is 10.8. The Bertz CT molecular complexity index is 168. The highest BCUT2D eigenvalue weighted by Crippen LogP contribution is 2.15. The highest BCUT2D eigenvalue weighted by atomic mass is 16.1. The molecule has 0 aromatic rings. The molecule has 0 spiro atoms. The Kier molecular flexibility index (Phi) is 4.51. The van der Waals surface area contributed by atoms with Gasteiger partial charge in [-0.25, -0.2) is 0 Å². The fraction of sp³-hybridized carbons (Fsp3) is 0.500. The predicted molar refractivity (Wildman–Crippen MR) is 48.4 cm³/mol. The lowest BCUT2D eigenvalue weighted by Crippen LogP contribution is -2.05. The van der Waals surface area contributed by atoms with E-state index in [1.165, 1.54) is 0 Å². The van der Waals surface area contributed by atoms with E-state index in [2.05, 4.69) is 13.2 Å². The summed E-state index contributed by atoms with van der Waals surface area (Å²) in [5.41, 5.74) is 0.729. The van der Waals surface area contributed by atoms with Crippen LogP contribution in [0.15, 0.2) is 24.8 Å². The quantitative estimate of drug-likeness (QED) is 0.437. The van der Waals surface area contributed by atoms with E-state index >= 15 is 0 Å². The van der Waals surface area contributed by atoms with Crippen molar-refractivity contribution in [3.05, 3.63) is 24.8 Å². The van der Waals surface area contributed by atoms with Crippen LogP contribution in [0, 0.1) is 5.92 Å². The van der Waals surface area contributed by atoms with Gasteiger partial charge in [-0.1, -0.05) is 19.6 Å². The molecule has 1 heteroatoms. The normalized spacial score (nSPS) is 12.2. The number of rotatable bonds is 5. The first kappa shape index (κ1) is 10.2. The highest BCUT2D eigenvalue weighted by molar-refractivity contribution is 5.92. The van der Waals surface area contributed by atoms with Crippen LogP contribution in [0.4, 0.5) is 0 Å². The van der Waals surface area contributed by atoms with Crippen LogP contribution < -0.4 is 0 Å². The lowest BCUT2D eigenvalue weighted by Gasteiger charge is -2.09. The van der Waals surface area contributed by atoms with Crippen molar-refractivity contribution in [3.63, 3.8) is 0 Å². The summed E-state index contributed by atoms with van der Waals surface area (Å²) in [6, 6.07) is 0. The molecule has 1 nitrogen and oxygen atoms in total. The molecule has 0 aromatic carbocycles. The third kappa shape index (κ3) is 3.76. The Morgan fingerprint density at radius 2 is 2.18 bits per heavy atom. The van der Waals surface area contributed by atoms with Gasteiger partial charge < -0.3 is 0 Å². The van der Waals surface area contributed by atoms with Crippen molar-refractivity contribution in [2.45, 2.75) is 26.7 Å². The molecule has 0 aliphatic rings. The zero-order valence-corrected chi connectivity index (χ0v) is 7.39. The summed E-state index contributed by atoms with van der Waals surface area (Å²) >= 11 is 0. The Labute approximate surface area is 68.8 Å². The predicted octanol–water partition coefficient (Wildman–Crippen LogP) is 2.73. The van der Waals surface area contributed by atoms with E-state index in [9.17, 15) is 4.79 Å². The van der Waals surface area contributed by atoms with Crippen molar-refractivity contribution >= 4 is 5.78 Å². The SMILES string of the molecule is C=CCCC(C)C(=C)C(C)=O. The number of ketones is 1. The van der Waals surface area contributed by atoms with Crippen LogP contribution in [-0.4, -0.2) is 5.78 Å². The molecular weight excluding hydrogens is 136 g/mol. The Morgan fingerprint density at radius 1 is 1.64 bits per heavy atom. The van der Waals surface area contributed by atoms with Crippen LogP contribution in [0.2, 0.25) is 0 Å². The monoisotopic (exact) mass is 152 g/mol. The number of carbonyl (C=O) groups excluding carboxylic acids is 1. The maximum Gasteiger partial charge on any atom is 0.155 e. The van der Waals surface area contributed by atoms with Gasteiger partial charge in [-0.15, -0.1) is 6.58 Å². The van der Waals surface area contributed by atoms with Gasteiger partial charge in [-0.3, -0.25) is 4.79 Å². The van der Waals surface area contributed by atoms with Gasteiger partial charge in [0.1, 0.15) is 0 Å². The zero-order valence-electron chi connectivity index (χ0n) is 7.39. The fourth-order valence-electron chi connectivity index (χ4n) is 0.889. The minimum Gasteiger partial charge on any atom is -0.295 e. The third-order valence-corrected chi connectivity index (χ3v) is 1.85. The Balaban J connectivity index is 3.82. The number of carbonyl (C=O) groups is 1. The summed E-state index contributed by atoms with van der Waals surface area (Å²) in [6.07, 6.45) is 3.79. The topological polar surface area (TPSA) is 17.1 Å². The number of hydrogen-bond donors (Lipinski definition) is 0. The van der Waals surface area contributed by atoms with Crippen molar-refractivity contribution in [3.8, 4) is 0 Å². The van der Waals surface area contributed by atoms with Crippen LogP contribution in [0.1, 0.15) is 26.7 Å². The van der Waals surface area contributed by atoms with Gasteiger partial charge >= 0.3 is 0 Å². The molecule has 1 atom stereocenters. The van der Waals surface area contributed by atoms with Crippen LogP contribution in [0.5, 0.6) is 0 Å². The van der Waals surface area contributed by atoms with E-state index in [0.717, 1.165) is 18.4 Å². The van der Waals surface area contributed by atoms with Crippen molar-refractivity contribution in [1.82, 2.24) is 0 Å². The van der Waals surface area contributed by atoms with Gasteiger partial charge in [0.2, 0.25) is 0 Å². The summed E-state index contributed by atoms with van der Waals surface area (Å²) in [5, 5.41) is 0. The minimum atomic E-state index is 0.0987. The van der Waals surface area contributed by atoms with Crippen molar-refractivity contribution in [1.29, 1.82) is 0 Å². The summed E-state index contributed by atoms with van der Waals surface area (Å²) in [7, 11) is 0. The first-order valence-electron chi connectivity index (χ1n) is 3.90. The van der Waals surface area contributed by atoms with E-state index < -0.39 is 0 Å². The van der Waals surface area contributed by atoms with Gasteiger partial charge in [0.15, 0.2) is 5.78 Å². The molecule has 0 heterocycles. The molecule has 11 heavy (non-hydrogen) atoms. The van der Waals surface area contributed by atoms with Gasteiger partial charge in [-0.05, 0) is 31.3 Å². The first-order chi connectivity index (χ1) is 5.09. The van der Waals surface area contributed by atoms with E-state index in [1.807, 2.05) is 13.0 Å². The first-order valence-corrected chi connectivity index (χ1v) is 3.90. The summed E-state index contributed by atoms with van der Waals surface area (Å²) < 4.78 is 0. The van der Waals surface area contributed by atoms with E-state index in [1.54, 1.807) is 6.92 Å². The molecule has 1 unspecified atom stereocenters. The summed E-state index contributed by atoms with van der Waals surface area (Å²) in [6.45, 7) is 10.9. The smallest absolute Gasteiger partial charge is 0.155 e. The van der Waals surface area contributed by atoms with Crippen molar-refractivity contribution in [2.24, 2.45) is 5.92 Å². The van der Waals surface area contributed by atoms with Gasteiger partial charge in [-0.2, -0.15) is 0 Å². The summed E-state index contributed by atoms with van der Waals surface area (Å²) in [4.78, 5) is 10.8. The number of Topliss-reactive ketones (excluding diaryl/α,β-unsaturated/α-hetero) is 1. The van der Waals surface area contributed by atoms with Gasteiger partial charge in [0, 0.05) is 0 Å². The molecule has 0 aliphatic carbocycles. The third-order valence-electron chi connectivity index (χ3n) is 1.85. The standard InChI is InChI=1S/C10H16O/c1-5-6-7-8(2)9(3)10(4)11/h5,8H,1,3,6-7H2,2,4H3. The van der Waals surface area contributed by atoms with Crippen LogP contribution >= 0.6 is 0 Å². The minimum absolute atomic E-state index is 0.0987. The molecule has 62 valence electrons. The van der Waals surface area contributed by atoms with Crippen molar-refractivity contribution < 1.29 is 4.79 Å². The van der Waals surface area contributed by atoms with Crippen LogP contribution in [0.25, 0.3) is 0 Å². The maximum absolute atomic E-state index is 10.8. The van der Waals surface area contributed by atoms with Gasteiger partial charge in [0.05, 0.1) is 0 Å². The fourth-order valence-corrected chi connectivity index (χ4v) is 0.889. The van der Waals surface area contributed by atoms with Gasteiger partial charge in [0.25, 0.3) is 0 Å². The second-order valence-electron chi connectivity index (χ2n) is 2.85. The molecule has 0 fully saturated rings. The Morgan fingerprint density at radius 3 is 2.55 bits per heavy atom. The highest BCUT2D eigenvalue weighted by Gasteiger charge is 2.08. The van der Waals surface area contributed by atoms with Crippen LogP contribution in [-0.2, 0) is 4.79 Å². The molecular formula is C10H16O. The van der Waals surface area contributed by atoms with E-state index in [-0.39, 0.29) is 5.78 Å². The number of allylic oxidation sites excluding steroid dienone is 2. The molecule has 0 aromatic heterocycles. The molecule has 0 saturated carbocycles. The molecule has 0 saturated heterocycles. The van der Waals surface area contributed by atoms with E-state index in [4.69, 9.17) is 0 Å². The average Bonchev–Trinajstić information content (AvgIpc) is 1.98. The summed E-state index contributed by atoms with van der Waals surface area (Å²) in [5.74, 6) is 0.395. The molecule has 0 rings (SSSR count). The zero-order chi connectivity index (χ0) is 8.85. The van der Waals surface area contributed by atoms with E-state index in [0.29, 0.717) is 5.92 Å². The molecule has 0 bridgehead atoms. The number of hydrogen-bond acceptors (Lipinski definition) is 1. The lowest BCUT2D eigenvalue weighted by atomic mass is 9.95. The molecule has 0 N–H and O–H groups in total. The second kappa shape index (κ2) is 4.89. The second-order valence-corrected chi connectivity index (χ2v) is 2.85. The average molecular weight is 152 g/mol. The molecule has 0 amide bonds.